The minimum atomic E-state index is 0.838. The number of piperazine rings is 1. The molecule has 0 spiro atoms. The highest BCUT2D eigenvalue weighted by Gasteiger charge is 2.28. The Kier molecular flexibility index (Phi) is 5.82. The molecule has 3 aliphatic rings. The molecule has 1 N–H and O–H groups in total. The molecule has 0 unspecified atom stereocenters. The van der Waals surface area contributed by atoms with E-state index in [0.717, 1.165) is 70.6 Å². The zero-order chi connectivity index (χ0) is 22.2. The number of anilines is 2. The second-order valence-corrected chi connectivity index (χ2v) is 10.3. The van der Waals surface area contributed by atoms with Crippen LogP contribution in [0.2, 0.25) is 0 Å². The summed E-state index contributed by atoms with van der Waals surface area (Å²) in [6.45, 7) is 8.59. The number of aryl methyl sites for hydroxylation is 2. The van der Waals surface area contributed by atoms with Crippen LogP contribution in [0.3, 0.4) is 0 Å². The minimum Gasteiger partial charge on any atom is -0.497 e. The van der Waals surface area contributed by atoms with Crippen LogP contribution in [0.4, 0.5) is 11.5 Å². The van der Waals surface area contributed by atoms with Crippen molar-refractivity contribution in [2.24, 2.45) is 0 Å². The van der Waals surface area contributed by atoms with E-state index in [1.807, 2.05) is 23.5 Å². The lowest BCUT2D eigenvalue weighted by atomic mass is 10.1. The molecule has 2 aromatic heterocycles. The Morgan fingerprint density at radius 3 is 2.52 bits per heavy atom. The summed E-state index contributed by atoms with van der Waals surface area (Å²) in [6.07, 6.45) is 3.64. The number of hydrogen-bond donors (Lipinski definition) is 1. The van der Waals surface area contributed by atoms with Crippen LogP contribution in [0.5, 0.6) is 5.75 Å². The number of ether oxygens (including phenoxy) is 2. The summed E-state index contributed by atoms with van der Waals surface area (Å²) in [5.74, 6) is 3.07. The van der Waals surface area contributed by atoms with Gasteiger partial charge in [0.25, 0.3) is 0 Å². The standard InChI is InChI=1S/C25H31N5O2S/c1-31-19-7-5-18(6-8-19)29-9-11-30(12-10-29)24-23-20-3-2-4-21(20)33-25(23)27-22(26-24)17-28-13-15-32-16-14-28/h5-8H,2-4,9-17H2,1H3/p+1. The van der Waals surface area contributed by atoms with E-state index >= 15 is 0 Å². The average Bonchev–Trinajstić information content (AvgIpc) is 3.46. The summed E-state index contributed by atoms with van der Waals surface area (Å²) in [4.78, 5) is 19.5. The SMILES string of the molecule is COc1ccc(N2CCN(c3nc(C[NH+]4CCOCC4)nc4sc5c(c34)CCC5)CC2)cc1. The molecule has 7 nitrogen and oxygen atoms in total. The summed E-state index contributed by atoms with van der Waals surface area (Å²) >= 11 is 1.91. The molecule has 2 aliphatic heterocycles. The maximum Gasteiger partial charge on any atom is 0.187 e. The van der Waals surface area contributed by atoms with Gasteiger partial charge in [-0.05, 0) is 49.1 Å². The van der Waals surface area contributed by atoms with Crippen molar-refractivity contribution < 1.29 is 14.4 Å². The van der Waals surface area contributed by atoms with Gasteiger partial charge in [0.05, 0.1) is 25.7 Å². The maximum atomic E-state index is 5.55. The van der Waals surface area contributed by atoms with Gasteiger partial charge in [-0.1, -0.05) is 0 Å². The quantitative estimate of drug-likeness (QED) is 0.620. The Hall–Kier alpha value is -2.42. The minimum absolute atomic E-state index is 0.838. The van der Waals surface area contributed by atoms with Gasteiger partial charge in [-0.3, -0.25) is 0 Å². The van der Waals surface area contributed by atoms with Crippen LogP contribution >= 0.6 is 11.3 Å². The van der Waals surface area contributed by atoms with Gasteiger partial charge in [-0.25, -0.2) is 9.97 Å². The topological polar surface area (TPSA) is 55.2 Å². The van der Waals surface area contributed by atoms with Gasteiger partial charge in [-0.2, -0.15) is 0 Å². The summed E-state index contributed by atoms with van der Waals surface area (Å²) in [5, 5.41) is 1.34. The van der Waals surface area contributed by atoms with Crippen molar-refractivity contribution in [1.29, 1.82) is 0 Å². The van der Waals surface area contributed by atoms with Crippen LogP contribution in [0.1, 0.15) is 22.7 Å². The smallest absolute Gasteiger partial charge is 0.187 e. The van der Waals surface area contributed by atoms with Crippen LogP contribution in [0.15, 0.2) is 24.3 Å². The summed E-state index contributed by atoms with van der Waals surface area (Å²) in [5.41, 5.74) is 2.78. The molecular formula is C25H32N5O2S+. The van der Waals surface area contributed by atoms with Gasteiger partial charge < -0.3 is 24.2 Å². The third-order valence-electron chi connectivity index (χ3n) is 7.22. The van der Waals surface area contributed by atoms with Crippen LogP contribution in [-0.2, 0) is 24.1 Å². The second kappa shape index (κ2) is 9.08. The van der Waals surface area contributed by atoms with E-state index in [-0.39, 0.29) is 0 Å². The number of quaternary nitrogens is 1. The number of fused-ring (bicyclic) bond motifs is 3. The Bertz CT molecular complexity index is 1120. The van der Waals surface area contributed by atoms with Crippen molar-refractivity contribution in [3.05, 3.63) is 40.5 Å². The fourth-order valence-electron chi connectivity index (χ4n) is 5.36. The van der Waals surface area contributed by atoms with Crippen LogP contribution in [0.25, 0.3) is 10.2 Å². The first-order valence-electron chi connectivity index (χ1n) is 12.1. The van der Waals surface area contributed by atoms with E-state index in [0.29, 0.717) is 0 Å². The molecule has 0 atom stereocenters. The molecule has 174 valence electrons. The Labute approximate surface area is 198 Å². The van der Waals surface area contributed by atoms with Crippen LogP contribution in [-0.4, -0.2) is 69.6 Å². The van der Waals surface area contributed by atoms with Gasteiger partial charge >= 0.3 is 0 Å². The van der Waals surface area contributed by atoms with Crippen molar-refractivity contribution in [2.75, 3.05) is 69.4 Å². The number of aromatic nitrogens is 2. The maximum absolute atomic E-state index is 5.55. The molecule has 4 heterocycles. The van der Waals surface area contributed by atoms with Crippen LogP contribution in [0, 0.1) is 0 Å². The second-order valence-electron chi connectivity index (χ2n) is 9.21. The van der Waals surface area contributed by atoms with Crippen molar-refractivity contribution in [3.8, 4) is 5.75 Å². The van der Waals surface area contributed by atoms with Gasteiger partial charge in [0.1, 0.15) is 36.0 Å². The average molecular weight is 467 g/mol. The van der Waals surface area contributed by atoms with E-state index in [9.17, 15) is 0 Å². The van der Waals surface area contributed by atoms with Crippen molar-refractivity contribution in [3.63, 3.8) is 0 Å². The van der Waals surface area contributed by atoms with Crippen molar-refractivity contribution in [2.45, 2.75) is 25.8 Å². The fraction of sp³-hybridized carbons (Fsp3) is 0.520. The number of morpholine rings is 1. The Morgan fingerprint density at radius 2 is 1.76 bits per heavy atom. The summed E-state index contributed by atoms with van der Waals surface area (Å²) in [7, 11) is 1.71. The van der Waals surface area contributed by atoms with E-state index in [1.54, 1.807) is 7.11 Å². The Balaban J connectivity index is 1.27. The number of nitrogens with one attached hydrogen (secondary N) is 1. The van der Waals surface area contributed by atoms with E-state index in [1.165, 1.54) is 56.3 Å². The highest BCUT2D eigenvalue weighted by molar-refractivity contribution is 7.19. The Morgan fingerprint density at radius 1 is 1.00 bits per heavy atom. The monoisotopic (exact) mass is 466 g/mol. The summed E-state index contributed by atoms with van der Waals surface area (Å²) in [6, 6.07) is 8.41. The van der Waals surface area contributed by atoms with E-state index in [2.05, 4.69) is 21.9 Å². The predicted molar refractivity (Wildman–Crippen MR) is 132 cm³/mol. The predicted octanol–water partition coefficient (Wildman–Crippen LogP) is 1.93. The largest absolute Gasteiger partial charge is 0.497 e. The highest BCUT2D eigenvalue weighted by Crippen LogP contribution is 2.40. The molecule has 2 fully saturated rings. The molecule has 1 aliphatic carbocycles. The summed E-state index contributed by atoms with van der Waals surface area (Å²) < 4.78 is 10.9. The number of nitrogens with zero attached hydrogens (tertiary/aromatic N) is 4. The first kappa shape index (κ1) is 21.1. The normalized spacial score (nSPS) is 19.3. The molecule has 8 heteroatoms. The molecule has 6 rings (SSSR count). The fourth-order valence-corrected chi connectivity index (χ4v) is 6.63. The van der Waals surface area contributed by atoms with Crippen molar-refractivity contribution in [1.82, 2.24) is 9.97 Å². The van der Waals surface area contributed by atoms with E-state index in [4.69, 9.17) is 19.4 Å². The first-order valence-corrected chi connectivity index (χ1v) is 13.0. The lowest BCUT2D eigenvalue weighted by molar-refractivity contribution is -0.922. The third kappa shape index (κ3) is 4.16. The van der Waals surface area contributed by atoms with Crippen molar-refractivity contribution >= 4 is 33.1 Å². The number of benzene rings is 1. The van der Waals surface area contributed by atoms with E-state index < -0.39 is 0 Å². The number of hydrogen-bond acceptors (Lipinski definition) is 7. The van der Waals surface area contributed by atoms with Gasteiger partial charge in [0.2, 0.25) is 0 Å². The van der Waals surface area contributed by atoms with Gasteiger partial charge in [0.15, 0.2) is 5.82 Å². The molecule has 1 aromatic carbocycles. The number of methoxy groups -OCH3 is 1. The lowest BCUT2D eigenvalue weighted by Gasteiger charge is -2.37. The molecule has 3 aromatic rings. The zero-order valence-electron chi connectivity index (χ0n) is 19.3. The number of rotatable bonds is 5. The van der Waals surface area contributed by atoms with Gasteiger partial charge in [0, 0.05) is 36.7 Å². The molecule has 0 bridgehead atoms. The third-order valence-corrected chi connectivity index (χ3v) is 8.40. The van der Waals surface area contributed by atoms with Crippen LogP contribution < -0.4 is 19.4 Å². The molecule has 0 radical (unpaired) electrons. The molecule has 0 saturated carbocycles. The number of thiophene rings is 1. The zero-order valence-corrected chi connectivity index (χ0v) is 20.1. The molecular weight excluding hydrogens is 434 g/mol. The first-order chi connectivity index (χ1) is 16.3. The highest BCUT2D eigenvalue weighted by atomic mass is 32.1. The molecule has 2 saturated heterocycles. The lowest BCUT2D eigenvalue weighted by Crippen LogP contribution is -3.12. The molecule has 0 amide bonds. The molecule has 33 heavy (non-hydrogen) atoms. The van der Waals surface area contributed by atoms with Gasteiger partial charge in [-0.15, -0.1) is 11.3 Å².